The minimum Gasteiger partial charge on any atom is -0.481 e. The van der Waals surface area contributed by atoms with E-state index in [-0.39, 0.29) is 32.1 Å². The highest BCUT2D eigenvalue weighted by atomic mass is 16.6. The van der Waals surface area contributed by atoms with Crippen LogP contribution < -0.4 is 27.0 Å². The van der Waals surface area contributed by atoms with Gasteiger partial charge < -0.3 is 46.3 Å². The molecule has 14 nitrogen and oxygen atoms in total. The van der Waals surface area contributed by atoms with E-state index < -0.39 is 47.2 Å². The first-order valence-corrected chi connectivity index (χ1v) is 20.3. The van der Waals surface area contributed by atoms with Crippen LogP contribution in [0.3, 0.4) is 0 Å². The number of fused-ring (bicyclic) bond motifs is 1. The lowest BCUT2D eigenvalue weighted by molar-refractivity contribution is -0.149. The van der Waals surface area contributed by atoms with Crippen molar-refractivity contribution in [3.63, 3.8) is 0 Å². The number of allylic oxidation sites excluding steroid dienone is 2. The third kappa shape index (κ3) is 16.5. The van der Waals surface area contributed by atoms with Gasteiger partial charge in [0.15, 0.2) is 0 Å². The molecule has 54 heavy (non-hydrogen) atoms. The summed E-state index contributed by atoms with van der Waals surface area (Å²) in [5, 5.41) is 20.6. The Morgan fingerprint density at radius 1 is 0.796 bits per heavy atom. The number of alkyl carbamates (subject to hydrolysis) is 2. The molecule has 4 amide bonds. The van der Waals surface area contributed by atoms with E-state index in [0.717, 1.165) is 32.1 Å². The van der Waals surface area contributed by atoms with Crippen LogP contribution in [0.4, 0.5) is 9.59 Å². The van der Waals surface area contributed by atoms with Gasteiger partial charge in [0, 0.05) is 19.7 Å². The van der Waals surface area contributed by atoms with E-state index in [4.69, 9.17) is 19.9 Å². The molecule has 0 aromatic rings. The summed E-state index contributed by atoms with van der Waals surface area (Å²) in [4.78, 5) is 63.6. The number of aliphatic carboxylic acids is 1. The van der Waals surface area contributed by atoms with Crippen molar-refractivity contribution < 1.29 is 43.3 Å². The second kappa shape index (κ2) is 22.2. The maximum absolute atomic E-state index is 13.6. The maximum atomic E-state index is 13.6. The number of unbranched alkanes of at least 4 members (excludes halogenated alkanes) is 2. The van der Waals surface area contributed by atoms with Crippen LogP contribution in [0.5, 0.6) is 0 Å². The predicted molar refractivity (Wildman–Crippen MR) is 205 cm³/mol. The average Bonchev–Trinajstić information content (AvgIpc) is 3.99. The molecule has 6 unspecified atom stereocenters. The van der Waals surface area contributed by atoms with Gasteiger partial charge in [-0.15, -0.1) is 0 Å². The molecule has 7 N–H and O–H groups in total. The number of hydrogen-bond acceptors (Lipinski definition) is 9. The molecular formula is C40H69N5O9. The van der Waals surface area contributed by atoms with Crippen LogP contribution >= 0.6 is 0 Å². The fraction of sp³-hybridized carbons (Fsp3) is 0.825. The Bertz CT molecular complexity index is 1240. The lowest BCUT2D eigenvalue weighted by Crippen LogP contribution is -2.54. The minimum atomic E-state index is -0.950. The molecule has 14 heteroatoms. The normalized spacial score (nSPS) is 23.6. The van der Waals surface area contributed by atoms with Gasteiger partial charge in [-0.3, -0.25) is 14.4 Å². The fourth-order valence-corrected chi connectivity index (χ4v) is 7.00. The van der Waals surface area contributed by atoms with Crippen molar-refractivity contribution in [3.8, 4) is 0 Å². The predicted octanol–water partition coefficient (Wildman–Crippen LogP) is 5.04. The third-order valence-electron chi connectivity index (χ3n) is 11.3. The van der Waals surface area contributed by atoms with Crippen molar-refractivity contribution in [2.45, 2.75) is 136 Å². The fourth-order valence-electron chi connectivity index (χ4n) is 7.00. The second-order valence-electron chi connectivity index (χ2n) is 16.8. The lowest BCUT2D eigenvalue weighted by atomic mass is 9.90. The zero-order chi connectivity index (χ0) is 39.7. The molecule has 0 aromatic heterocycles. The molecule has 0 heterocycles. The number of amides is 4. The van der Waals surface area contributed by atoms with Gasteiger partial charge in [-0.2, -0.15) is 0 Å². The van der Waals surface area contributed by atoms with Crippen molar-refractivity contribution >= 4 is 30.0 Å². The van der Waals surface area contributed by atoms with Gasteiger partial charge in [0.1, 0.15) is 12.1 Å². The number of ether oxygens (including phenoxy) is 3. The summed E-state index contributed by atoms with van der Waals surface area (Å²) in [6.07, 6.45) is 12.7. The molecule has 0 spiro atoms. The van der Waals surface area contributed by atoms with Crippen molar-refractivity contribution in [1.82, 2.24) is 21.3 Å². The Kier molecular flexibility index (Phi) is 18.5. The topological polar surface area (TPSA) is 207 Å². The van der Waals surface area contributed by atoms with E-state index in [1.54, 1.807) is 13.8 Å². The van der Waals surface area contributed by atoms with Crippen molar-refractivity contribution in [2.24, 2.45) is 40.7 Å². The molecule has 3 rings (SSSR count). The highest BCUT2D eigenvalue weighted by Gasteiger charge is 2.49. The van der Waals surface area contributed by atoms with Crippen LogP contribution in [0.25, 0.3) is 0 Å². The monoisotopic (exact) mass is 764 g/mol. The summed E-state index contributed by atoms with van der Waals surface area (Å²) < 4.78 is 16.9. The molecular weight excluding hydrogens is 694 g/mol. The van der Waals surface area contributed by atoms with E-state index in [1.807, 2.05) is 13.8 Å². The van der Waals surface area contributed by atoms with E-state index >= 15 is 0 Å². The number of carbonyl (C=O) groups is 5. The van der Waals surface area contributed by atoms with Gasteiger partial charge in [0.2, 0.25) is 11.8 Å². The number of carboxylic acids is 1. The molecule has 2 saturated carbocycles. The molecule has 3 aliphatic rings. The Morgan fingerprint density at radius 2 is 1.41 bits per heavy atom. The Labute approximate surface area is 322 Å². The van der Waals surface area contributed by atoms with Gasteiger partial charge in [0.05, 0.1) is 24.2 Å². The Balaban J connectivity index is 1.47. The highest BCUT2D eigenvalue weighted by Crippen LogP contribution is 2.52. The smallest absolute Gasteiger partial charge is 0.407 e. The summed E-state index contributed by atoms with van der Waals surface area (Å²) in [5.74, 6) is 0.822. The van der Waals surface area contributed by atoms with Gasteiger partial charge >= 0.3 is 18.2 Å². The molecule has 0 radical (unpaired) electrons. The number of nitrogens with two attached hydrogens (primary N) is 1. The van der Waals surface area contributed by atoms with Crippen LogP contribution in [-0.4, -0.2) is 92.2 Å². The van der Waals surface area contributed by atoms with E-state index in [1.165, 1.54) is 0 Å². The zero-order valence-electron chi connectivity index (χ0n) is 33.4. The number of nitrogens with one attached hydrogen (secondary N) is 4. The van der Waals surface area contributed by atoms with Crippen molar-refractivity contribution in [2.75, 3.05) is 39.5 Å². The van der Waals surface area contributed by atoms with E-state index in [0.29, 0.717) is 94.2 Å². The van der Waals surface area contributed by atoms with Crippen molar-refractivity contribution in [1.29, 1.82) is 0 Å². The van der Waals surface area contributed by atoms with E-state index in [9.17, 15) is 29.1 Å². The first-order valence-electron chi connectivity index (χ1n) is 20.3. The summed E-state index contributed by atoms with van der Waals surface area (Å²) in [6.45, 7) is 11.2. The SMILES string of the molecule is CC1CC1COC(=O)NC(CCCCNC(=O)OCC1C2CC/C=C\CCC21)C(=O)NC(CCCCN)C(=O)NCCC(C)(C)OCCC(C)(C)C(=O)O. The zero-order valence-corrected chi connectivity index (χ0v) is 33.4. The van der Waals surface area contributed by atoms with Gasteiger partial charge in [-0.25, -0.2) is 9.59 Å². The summed E-state index contributed by atoms with van der Waals surface area (Å²) in [6, 6.07) is -1.80. The molecule has 0 bridgehead atoms. The van der Waals surface area contributed by atoms with Crippen molar-refractivity contribution in [3.05, 3.63) is 12.2 Å². The standard InChI is InChI=1S/C40H69N5O9/c1-27-24-28(27)25-52-38(51)45-33(17-11-13-21-43-37(50)53-26-31-29-14-8-6-7-9-15-30(29)31)35(47)44-32(16-10-12-20-41)34(46)42-22-18-40(4,5)54-23-19-39(2,3)36(48)49/h6-7,27-33H,8-26,41H2,1-5H3,(H,42,46)(H,43,50)(H,44,47)(H,45,51)(H,48,49)/b7-6-. The van der Waals surface area contributed by atoms with Crippen LogP contribution in [0.1, 0.15) is 118 Å². The van der Waals surface area contributed by atoms with Crippen LogP contribution in [0, 0.1) is 35.0 Å². The maximum Gasteiger partial charge on any atom is 0.407 e. The summed E-state index contributed by atoms with van der Waals surface area (Å²) in [5.41, 5.74) is 4.18. The molecule has 0 aromatic carbocycles. The molecule has 2 fully saturated rings. The number of carbonyl (C=O) groups excluding carboxylic acids is 4. The largest absolute Gasteiger partial charge is 0.481 e. The van der Waals surface area contributed by atoms with Gasteiger partial charge in [-0.05, 0) is 147 Å². The average molecular weight is 764 g/mol. The first kappa shape index (κ1) is 45.0. The van der Waals surface area contributed by atoms with E-state index in [2.05, 4.69) is 40.3 Å². The van der Waals surface area contributed by atoms with Crippen LogP contribution in [-0.2, 0) is 28.6 Å². The molecule has 308 valence electrons. The molecule has 0 saturated heterocycles. The summed E-state index contributed by atoms with van der Waals surface area (Å²) in [7, 11) is 0. The second-order valence-corrected chi connectivity index (χ2v) is 16.8. The molecule has 0 aliphatic heterocycles. The first-order chi connectivity index (χ1) is 25.6. The minimum absolute atomic E-state index is 0.258. The molecule has 3 aliphatic carbocycles. The Hall–Kier alpha value is -3.39. The van der Waals surface area contributed by atoms with Crippen LogP contribution in [0.2, 0.25) is 0 Å². The molecule has 6 atom stereocenters. The van der Waals surface area contributed by atoms with Gasteiger partial charge in [-0.1, -0.05) is 19.1 Å². The summed E-state index contributed by atoms with van der Waals surface area (Å²) >= 11 is 0. The lowest BCUT2D eigenvalue weighted by Gasteiger charge is -2.28. The third-order valence-corrected chi connectivity index (χ3v) is 11.3. The number of hydrogen-bond donors (Lipinski definition) is 6. The Morgan fingerprint density at radius 3 is 2.02 bits per heavy atom. The van der Waals surface area contributed by atoms with Gasteiger partial charge in [0.25, 0.3) is 0 Å². The highest BCUT2D eigenvalue weighted by molar-refractivity contribution is 5.91. The number of rotatable bonds is 25. The van der Waals surface area contributed by atoms with Crippen LogP contribution in [0.15, 0.2) is 12.2 Å². The quantitative estimate of drug-likeness (QED) is 0.0539. The number of carboxylic acid groups (broad SMARTS) is 1.